The molecule has 2 aliphatic carbocycles. The van der Waals surface area contributed by atoms with Gasteiger partial charge in [-0.3, -0.25) is 0 Å². The van der Waals surface area contributed by atoms with Gasteiger partial charge < -0.3 is 4.52 Å². The van der Waals surface area contributed by atoms with Crippen LogP contribution in [-0.2, 0) is 12.3 Å². The van der Waals surface area contributed by atoms with Crippen LogP contribution in [0.2, 0.25) is 0 Å². The first-order chi connectivity index (χ1) is 8.88. The number of hydrogen-bond acceptors (Lipinski definition) is 3. The van der Waals surface area contributed by atoms with Gasteiger partial charge in [0.05, 0.1) is 5.88 Å². The molecule has 0 N–H and O–H groups in total. The second-order valence-electron chi connectivity index (χ2n) is 5.14. The first-order valence-electron chi connectivity index (χ1n) is 6.34. The maximum atomic E-state index is 5.71. The summed E-state index contributed by atoms with van der Waals surface area (Å²) in [6.07, 6.45) is 2.40. The normalized spacial score (nSPS) is 28.6. The summed E-state index contributed by atoms with van der Waals surface area (Å²) in [5, 5.41) is 3.89. The molecule has 1 saturated carbocycles. The van der Waals surface area contributed by atoms with E-state index in [4.69, 9.17) is 16.1 Å². The van der Waals surface area contributed by atoms with Crippen molar-refractivity contribution >= 4 is 11.6 Å². The maximum Gasteiger partial charge on any atom is 0.230 e. The molecule has 1 heterocycles. The van der Waals surface area contributed by atoms with Gasteiger partial charge >= 0.3 is 0 Å². The zero-order valence-electron chi connectivity index (χ0n) is 9.84. The minimum absolute atomic E-state index is 0.322. The number of aromatic nitrogens is 2. The second kappa shape index (κ2) is 3.82. The summed E-state index contributed by atoms with van der Waals surface area (Å²) in [6, 6.07) is 8.72. The van der Waals surface area contributed by atoms with E-state index < -0.39 is 0 Å². The van der Waals surface area contributed by atoms with Gasteiger partial charge in [0.15, 0.2) is 5.82 Å². The van der Waals surface area contributed by atoms with E-state index in [-0.39, 0.29) is 0 Å². The Kier molecular flexibility index (Phi) is 2.24. The number of rotatable bonds is 2. The number of nitrogens with zero attached hydrogens (tertiary/aromatic N) is 2. The fourth-order valence-electron chi connectivity index (χ4n) is 3.36. The Morgan fingerprint density at radius 3 is 3.00 bits per heavy atom. The number of hydrogen-bond donors (Lipinski definition) is 0. The molecular weight excluding hydrogens is 248 g/mol. The lowest BCUT2D eigenvalue weighted by Crippen LogP contribution is -2.00. The predicted octanol–water partition coefficient (Wildman–Crippen LogP) is 3.25. The molecule has 0 aliphatic heterocycles. The minimum Gasteiger partial charge on any atom is -0.339 e. The number of aryl methyl sites for hydroxylation is 1. The van der Waals surface area contributed by atoms with Crippen molar-refractivity contribution < 1.29 is 4.52 Å². The Morgan fingerprint density at radius 1 is 1.28 bits per heavy atom. The van der Waals surface area contributed by atoms with Crippen molar-refractivity contribution in [3.05, 3.63) is 47.1 Å². The molecule has 2 aromatic rings. The van der Waals surface area contributed by atoms with E-state index in [2.05, 4.69) is 34.4 Å². The molecule has 1 aromatic carbocycles. The van der Waals surface area contributed by atoms with Crippen LogP contribution in [0.1, 0.15) is 41.1 Å². The van der Waals surface area contributed by atoms with Crippen molar-refractivity contribution in [1.29, 1.82) is 0 Å². The number of benzene rings is 1. The quantitative estimate of drug-likeness (QED) is 0.778. The van der Waals surface area contributed by atoms with Crippen molar-refractivity contribution in [3.63, 3.8) is 0 Å². The Labute approximate surface area is 110 Å². The van der Waals surface area contributed by atoms with Crippen LogP contribution in [0.4, 0.5) is 0 Å². The summed E-state index contributed by atoms with van der Waals surface area (Å²) in [7, 11) is 0. The highest BCUT2D eigenvalue weighted by Gasteiger charge is 2.56. The van der Waals surface area contributed by atoms with Crippen LogP contribution in [0, 0.1) is 5.92 Å². The van der Waals surface area contributed by atoms with Gasteiger partial charge in [0.1, 0.15) is 0 Å². The first kappa shape index (κ1) is 10.6. The maximum absolute atomic E-state index is 5.71. The smallest absolute Gasteiger partial charge is 0.230 e. The Morgan fingerprint density at radius 2 is 2.17 bits per heavy atom. The zero-order valence-corrected chi connectivity index (χ0v) is 10.6. The van der Waals surface area contributed by atoms with E-state index in [0.717, 1.165) is 5.89 Å². The highest BCUT2D eigenvalue weighted by molar-refractivity contribution is 6.16. The van der Waals surface area contributed by atoms with E-state index in [1.807, 2.05) is 0 Å². The lowest BCUT2D eigenvalue weighted by atomic mass is 9.92. The highest BCUT2D eigenvalue weighted by atomic mass is 35.5. The molecule has 1 aromatic heterocycles. The SMILES string of the molecule is ClCc1noc(C2C3CCc4ccccc4C32)n1. The van der Waals surface area contributed by atoms with Crippen molar-refractivity contribution in [3.8, 4) is 0 Å². The molecule has 3 unspecified atom stereocenters. The van der Waals surface area contributed by atoms with Crippen LogP contribution in [-0.4, -0.2) is 10.1 Å². The molecule has 4 rings (SSSR count). The lowest BCUT2D eigenvalue weighted by Gasteiger charge is -2.13. The highest BCUT2D eigenvalue weighted by Crippen LogP contribution is 2.64. The van der Waals surface area contributed by atoms with E-state index in [1.54, 1.807) is 0 Å². The molecular formula is C14H13ClN2O. The van der Waals surface area contributed by atoms with E-state index in [0.29, 0.717) is 29.5 Å². The van der Waals surface area contributed by atoms with E-state index in [9.17, 15) is 0 Å². The molecule has 0 radical (unpaired) electrons. The van der Waals surface area contributed by atoms with Gasteiger partial charge in [0.25, 0.3) is 0 Å². The fourth-order valence-corrected chi connectivity index (χ4v) is 3.47. The molecule has 1 fully saturated rings. The molecule has 0 saturated heterocycles. The van der Waals surface area contributed by atoms with Crippen molar-refractivity contribution in [1.82, 2.24) is 10.1 Å². The minimum atomic E-state index is 0.322. The van der Waals surface area contributed by atoms with Crippen LogP contribution >= 0.6 is 11.6 Å². The Hall–Kier alpha value is -1.35. The van der Waals surface area contributed by atoms with Gasteiger partial charge in [-0.1, -0.05) is 29.4 Å². The van der Waals surface area contributed by atoms with Crippen LogP contribution < -0.4 is 0 Å². The summed E-state index contributed by atoms with van der Waals surface area (Å²) in [6.45, 7) is 0. The number of fused-ring (bicyclic) bond motifs is 3. The molecule has 4 heteroatoms. The fraction of sp³-hybridized carbons (Fsp3) is 0.429. The monoisotopic (exact) mass is 260 g/mol. The summed E-state index contributed by atoms with van der Waals surface area (Å²) in [5.41, 5.74) is 2.96. The number of halogens is 1. The number of alkyl halides is 1. The van der Waals surface area contributed by atoms with Crippen LogP contribution in [0.3, 0.4) is 0 Å². The molecule has 92 valence electrons. The van der Waals surface area contributed by atoms with Gasteiger partial charge in [-0.15, -0.1) is 11.6 Å². The summed E-state index contributed by atoms with van der Waals surface area (Å²) in [4.78, 5) is 4.38. The van der Waals surface area contributed by atoms with Crippen LogP contribution in [0.5, 0.6) is 0 Å². The lowest BCUT2D eigenvalue weighted by molar-refractivity contribution is 0.370. The second-order valence-corrected chi connectivity index (χ2v) is 5.40. The third-order valence-corrected chi connectivity index (χ3v) is 4.46. The molecule has 18 heavy (non-hydrogen) atoms. The molecule has 0 bridgehead atoms. The largest absolute Gasteiger partial charge is 0.339 e. The van der Waals surface area contributed by atoms with E-state index in [1.165, 1.54) is 24.0 Å². The van der Waals surface area contributed by atoms with Crippen molar-refractivity contribution in [2.45, 2.75) is 30.6 Å². The summed E-state index contributed by atoms with van der Waals surface area (Å²) in [5.74, 6) is 3.38. The van der Waals surface area contributed by atoms with Crippen LogP contribution in [0.25, 0.3) is 0 Å². The average molecular weight is 261 g/mol. The Balaban J connectivity index is 1.68. The molecule has 3 atom stereocenters. The third kappa shape index (κ3) is 1.43. The topological polar surface area (TPSA) is 38.9 Å². The van der Waals surface area contributed by atoms with E-state index >= 15 is 0 Å². The Bertz CT molecular complexity index is 595. The van der Waals surface area contributed by atoms with Gasteiger partial charge in [-0.2, -0.15) is 4.98 Å². The van der Waals surface area contributed by atoms with Gasteiger partial charge in [0.2, 0.25) is 5.89 Å². The first-order valence-corrected chi connectivity index (χ1v) is 6.88. The van der Waals surface area contributed by atoms with Gasteiger partial charge in [0, 0.05) is 5.92 Å². The summed E-state index contributed by atoms with van der Waals surface area (Å²) >= 11 is 5.71. The van der Waals surface area contributed by atoms with Gasteiger partial charge in [-0.05, 0) is 35.8 Å². The molecule has 3 nitrogen and oxygen atoms in total. The molecule has 0 spiro atoms. The standard InChI is InChI=1S/C14H13ClN2O/c15-7-11-16-14(18-17-11)13-10-6-5-8-3-1-2-4-9(8)12(10)13/h1-4,10,12-13H,5-7H2. The molecule has 0 amide bonds. The zero-order chi connectivity index (χ0) is 12.1. The van der Waals surface area contributed by atoms with Crippen molar-refractivity contribution in [2.75, 3.05) is 0 Å². The van der Waals surface area contributed by atoms with Crippen molar-refractivity contribution in [2.24, 2.45) is 5.92 Å². The average Bonchev–Trinajstić information content (AvgIpc) is 2.98. The van der Waals surface area contributed by atoms with Gasteiger partial charge in [-0.25, -0.2) is 0 Å². The predicted molar refractivity (Wildman–Crippen MR) is 67.6 cm³/mol. The third-order valence-electron chi connectivity index (χ3n) is 4.22. The summed E-state index contributed by atoms with van der Waals surface area (Å²) < 4.78 is 5.34. The van der Waals surface area contributed by atoms with Crippen LogP contribution in [0.15, 0.2) is 28.8 Å². The molecule has 2 aliphatic rings.